The quantitative estimate of drug-likeness (QED) is 0.874. The van der Waals surface area contributed by atoms with Gasteiger partial charge >= 0.3 is 0 Å². The lowest BCUT2D eigenvalue weighted by molar-refractivity contribution is -0.123. The molecule has 4 rings (SSSR count). The van der Waals surface area contributed by atoms with Crippen molar-refractivity contribution in [1.29, 1.82) is 0 Å². The molecule has 25 heavy (non-hydrogen) atoms. The van der Waals surface area contributed by atoms with Gasteiger partial charge in [0.2, 0.25) is 5.91 Å². The summed E-state index contributed by atoms with van der Waals surface area (Å²) in [5.74, 6) is 1.06. The van der Waals surface area contributed by atoms with E-state index in [1.165, 1.54) is 12.8 Å². The summed E-state index contributed by atoms with van der Waals surface area (Å²) in [6, 6.07) is 5.86. The number of fused-ring (bicyclic) bond motifs is 1. The Morgan fingerprint density at radius 3 is 2.92 bits per heavy atom. The second-order valence-corrected chi connectivity index (χ2v) is 7.38. The van der Waals surface area contributed by atoms with Crippen LogP contribution in [-0.4, -0.2) is 34.9 Å². The summed E-state index contributed by atoms with van der Waals surface area (Å²) in [6.07, 6.45) is 4.92. The summed E-state index contributed by atoms with van der Waals surface area (Å²) in [5, 5.41) is 5.68. The Labute approximate surface area is 146 Å². The molecule has 0 bridgehead atoms. The number of aromatic nitrogens is 1. The van der Waals surface area contributed by atoms with Gasteiger partial charge in [-0.1, -0.05) is 0 Å². The number of hydrogen-bond donors (Lipinski definition) is 2. The first-order valence-corrected chi connectivity index (χ1v) is 8.82. The third-order valence-electron chi connectivity index (χ3n) is 5.13. The number of carbonyl (C=O) groups is 2. The van der Waals surface area contributed by atoms with Gasteiger partial charge in [-0.05, 0) is 62.8 Å². The number of rotatable bonds is 5. The van der Waals surface area contributed by atoms with Gasteiger partial charge in [0.05, 0.1) is 12.8 Å². The van der Waals surface area contributed by atoms with E-state index in [0.717, 1.165) is 23.4 Å². The van der Waals surface area contributed by atoms with Crippen LogP contribution in [0.15, 0.2) is 24.4 Å². The topological polar surface area (TPSA) is 71.8 Å². The Morgan fingerprint density at radius 2 is 2.24 bits per heavy atom. The van der Waals surface area contributed by atoms with Gasteiger partial charge in [0.25, 0.3) is 5.91 Å². The van der Waals surface area contributed by atoms with Crippen LogP contribution in [-0.2, 0) is 4.79 Å². The molecule has 3 heterocycles. The van der Waals surface area contributed by atoms with Crippen LogP contribution in [0.2, 0.25) is 0 Å². The monoisotopic (exact) mass is 341 g/mol. The lowest BCUT2D eigenvalue weighted by Gasteiger charge is -2.22. The Bertz CT molecular complexity index is 853. The molecular formula is C19H23N3O3. The summed E-state index contributed by atoms with van der Waals surface area (Å²) in [7, 11) is 0. The van der Waals surface area contributed by atoms with E-state index >= 15 is 0 Å². The highest BCUT2D eigenvalue weighted by Crippen LogP contribution is 2.30. The average Bonchev–Trinajstić information content (AvgIpc) is 3.26. The molecule has 1 saturated heterocycles. The highest BCUT2D eigenvalue weighted by atomic mass is 16.5. The number of nitrogens with zero attached hydrogens (tertiary/aromatic N) is 1. The molecule has 2 N–H and O–H groups in total. The molecule has 1 aliphatic heterocycles. The molecule has 1 saturated carbocycles. The van der Waals surface area contributed by atoms with Crippen molar-refractivity contribution < 1.29 is 14.3 Å². The summed E-state index contributed by atoms with van der Waals surface area (Å²) >= 11 is 0. The highest BCUT2D eigenvalue weighted by Gasteiger charge is 2.39. The number of amides is 2. The molecular weight excluding hydrogens is 318 g/mol. The predicted molar refractivity (Wildman–Crippen MR) is 93.9 cm³/mol. The van der Waals surface area contributed by atoms with Crippen molar-refractivity contribution in [3.8, 4) is 5.75 Å². The zero-order valence-electron chi connectivity index (χ0n) is 14.6. The van der Waals surface area contributed by atoms with Crippen LogP contribution in [0.3, 0.4) is 0 Å². The van der Waals surface area contributed by atoms with E-state index in [4.69, 9.17) is 4.74 Å². The van der Waals surface area contributed by atoms with E-state index in [0.29, 0.717) is 24.6 Å². The minimum absolute atomic E-state index is 0.132. The van der Waals surface area contributed by atoms with E-state index in [2.05, 4.69) is 10.6 Å². The van der Waals surface area contributed by atoms with Gasteiger partial charge in [-0.2, -0.15) is 0 Å². The summed E-state index contributed by atoms with van der Waals surface area (Å²) in [4.78, 5) is 24.9. The lowest BCUT2D eigenvalue weighted by atomic mass is 10.0. The number of aryl methyl sites for hydroxylation is 1. The standard InChI is InChI=1S/C19H23N3O3/c1-12-9-14-5-6-15(25-11-13-3-4-13)10-22(14)16(12)17(23)21-19(2)7-8-20-18(19)24/h5-6,9-10,13H,3-4,7-8,11H2,1-2H3,(H,20,24)(H,21,23). The first-order valence-electron chi connectivity index (χ1n) is 8.82. The number of carbonyl (C=O) groups excluding carboxylic acids is 2. The average molecular weight is 341 g/mol. The molecule has 2 aliphatic rings. The number of ether oxygens (including phenoxy) is 1. The van der Waals surface area contributed by atoms with Gasteiger partial charge in [-0.15, -0.1) is 0 Å². The molecule has 2 amide bonds. The molecule has 0 aromatic carbocycles. The normalized spacial score (nSPS) is 22.9. The van der Waals surface area contributed by atoms with Crippen molar-refractivity contribution in [3.05, 3.63) is 35.7 Å². The van der Waals surface area contributed by atoms with Crippen LogP contribution >= 0.6 is 0 Å². The van der Waals surface area contributed by atoms with Gasteiger partial charge in [0, 0.05) is 12.1 Å². The zero-order chi connectivity index (χ0) is 17.6. The van der Waals surface area contributed by atoms with Crippen LogP contribution in [0.1, 0.15) is 42.2 Å². The molecule has 2 aromatic heterocycles. The van der Waals surface area contributed by atoms with E-state index in [9.17, 15) is 9.59 Å². The maximum absolute atomic E-state index is 12.9. The second-order valence-electron chi connectivity index (χ2n) is 7.38. The fourth-order valence-corrected chi connectivity index (χ4v) is 3.32. The molecule has 0 radical (unpaired) electrons. The predicted octanol–water partition coefficient (Wildman–Crippen LogP) is 2.04. The molecule has 1 unspecified atom stereocenters. The van der Waals surface area contributed by atoms with Gasteiger partial charge in [0.1, 0.15) is 17.0 Å². The number of hydrogen-bond acceptors (Lipinski definition) is 3. The van der Waals surface area contributed by atoms with E-state index in [-0.39, 0.29) is 11.8 Å². The van der Waals surface area contributed by atoms with Gasteiger partial charge in [-0.25, -0.2) is 0 Å². The van der Waals surface area contributed by atoms with E-state index in [1.807, 2.05) is 35.7 Å². The van der Waals surface area contributed by atoms with Gasteiger partial charge in [-0.3, -0.25) is 9.59 Å². The van der Waals surface area contributed by atoms with Crippen molar-refractivity contribution in [3.63, 3.8) is 0 Å². The third kappa shape index (κ3) is 2.97. The van der Waals surface area contributed by atoms with Crippen molar-refractivity contribution in [2.75, 3.05) is 13.2 Å². The fraction of sp³-hybridized carbons (Fsp3) is 0.474. The first-order chi connectivity index (χ1) is 12.0. The number of pyridine rings is 1. The Hall–Kier alpha value is -2.50. The summed E-state index contributed by atoms with van der Waals surface area (Å²) in [6.45, 7) is 4.99. The first kappa shape index (κ1) is 16.0. The Kier molecular flexibility index (Phi) is 3.71. The SMILES string of the molecule is Cc1cc2ccc(OCC3CC3)cn2c1C(=O)NC1(C)CCNC1=O. The van der Waals surface area contributed by atoms with Crippen molar-refractivity contribution in [1.82, 2.24) is 15.0 Å². The van der Waals surface area contributed by atoms with Crippen LogP contribution in [0, 0.1) is 12.8 Å². The maximum atomic E-state index is 12.9. The largest absolute Gasteiger partial charge is 0.492 e. The lowest BCUT2D eigenvalue weighted by Crippen LogP contribution is -2.51. The van der Waals surface area contributed by atoms with E-state index in [1.54, 1.807) is 6.92 Å². The van der Waals surface area contributed by atoms with Crippen molar-refractivity contribution in [2.45, 2.75) is 38.6 Å². The van der Waals surface area contributed by atoms with Crippen molar-refractivity contribution in [2.24, 2.45) is 5.92 Å². The van der Waals surface area contributed by atoms with Crippen LogP contribution in [0.25, 0.3) is 5.52 Å². The molecule has 1 atom stereocenters. The number of nitrogens with one attached hydrogen (secondary N) is 2. The summed E-state index contributed by atoms with van der Waals surface area (Å²) in [5.41, 5.74) is 1.50. The second kappa shape index (κ2) is 5.79. The smallest absolute Gasteiger partial charge is 0.269 e. The maximum Gasteiger partial charge on any atom is 0.269 e. The van der Waals surface area contributed by atoms with E-state index < -0.39 is 5.54 Å². The molecule has 6 nitrogen and oxygen atoms in total. The van der Waals surface area contributed by atoms with Crippen LogP contribution < -0.4 is 15.4 Å². The molecule has 2 aromatic rings. The Morgan fingerprint density at radius 1 is 1.44 bits per heavy atom. The minimum atomic E-state index is -0.853. The van der Waals surface area contributed by atoms with Crippen LogP contribution in [0.4, 0.5) is 0 Å². The van der Waals surface area contributed by atoms with Gasteiger partial charge < -0.3 is 19.8 Å². The fourth-order valence-electron chi connectivity index (χ4n) is 3.32. The Balaban J connectivity index is 1.62. The third-order valence-corrected chi connectivity index (χ3v) is 5.13. The highest BCUT2D eigenvalue weighted by molar-refractivity contribution is 6.00. The molecule has 132 valence electrons. The van der Waals surface area contributed by atoms with Crippen molar-refractivity contribution >= 4 is 17.3 Å². The molecule has 2 fully saturated rings. The van der Waals surface area contributed by atoms with Crippen LogP contribution in [0.5, 0.6) is 5.75 Å². The summed E-state index contributed by atoms with van der Waals surface area (Å²) < 4.78 is 7.69. The zero-order valence-corrected chi connectivity index (χ0v) is 14.6. The molecule has 1 aliphatic carbocycles. The van der Waals surface area contributed by atoms with Gasteiger partial charge in [0.15, 0.2) is 0 Å². The minimum Gasteiger partial charge on any atom is -0.492 e. The molecule has 0 spiro atoms. The molecule has 6 heteroatoms.